The first kappa shape index (κ1) is 33.8. The van der Waals surface area contributed by atoms with Gasteiger partial charge in [-0.15, -0.1) is 0 Å². The summed E-state index contributed by atoms with van der Waals surface area (Å²) in [5.74, 6) is 0.142. The second-order valence-corrected chi connectivity index (χ2v) is 12.6. The Hall–Kier alpha value is -3.07. The molecule has 0 unspecified atom stereocenters. The summed E-state index contributed by atoms with van der Waals surface area (Å²) in [5, 5.41) is 2.96. The van der Waals surface area contributed by atoms with Crippen LogP contribution in [0.5, 0.6) is 11.5 Å². The summed E-state index contributed by atoms with van der Waals surface area (Å²) in [6, 6.07) is 5.47. The number of carbonyl (C=O) groups excluding carboxylic acids is 3. The van der Waals surface area contributed by atoms with Gasteiger partial charge in [-0.05, 0) is 62.3 Å². The molecule has 1 saturated heterocycles. The molecule has 2 aliphatic heterocycles. The van der Waals surface area contributed by atoms with Gasteiger partial charge in [-0.2, -0.15) is 0 Å². The monoisotopic (exact) mass is 612 g/mol. The molecule has 9 nitrogen and oxygen atoms in total. The largest absolute Gasteiger partial charge is 0.493 e. The van der Waals surface area contributed by atoms with Gasteiger partial charge >= 0.3 is 5.97 Å². The van der Waals surface area contributed by atoms with Gasteiger partial charge in [-0.3, -0.25) is 14.4 Å². The van der Waals surface area contributed by atoms with E-state index in [-0.39, 0.29) is 37.3 Å². The number of nitrogens with one attached hydrogen (secondary N) is 1. The lowest BCUT2D eigenvalue weighted by Crippen LogP contribution is -2.60. The van der Waals surface area contributed by atoms with Crippen molar-refractivity contribution in [2.24, 2.45) is 17.3 Å². The molecule has 1 aliphatic carbocycles. The Balaban J connectivity index is 1.56. The summed E-state index contributed by atoms with van der Waals surface area (Å²) in [5.41, 5.74) is 0.425. The zero-order chi connectivity index (χ0) is 31.7. The first-order valence-electron chi connectivity index (χ1n) is 16.5. The highest BCUT2D eigenvalue weighted by Crippen LogP contribution is 2.51. The zero-order valence-corrected chi connectivity index (χ0v) is 27.3. The maximum Gasteiger partial charge on any atom is 0.320 e. The molecule has 0 spiro atoms. The maximum absolute atomic E-state index is 14.2. The van der Waals surface area contributed by atoms with Crippen LogP contribution in [0.4, 0.5) is 0 Å². The number of hydrogen-bond donors (Lipinski definition) is 1. The van der Waals surface area contributed by atoms with E-state index in [1.165, 1.54) is 39.2 Å². The fourth-order valence-corrected chi connectivity index (χ4v) is 7.32. The number of carbonyl (C=O) groups is 3. The van der Waals surface area contributed by atoms with Gasteiger partial charge in [0.15, 0.2) is 11.5 Å². The zero-order valence-electron chi connectivity index (χ0n) is 27.3. The summed E-state index contributed by atoms with van der Waals surface area (Å²) in [6.07, 6.45) is 12.6. The molecule has 2 heterocycles. The van der Waals surface area contributed by atoms with Crippen molar-refractivity contribution in [3.05, 3.63) is 35.5 Å². The normalized spacial score (nSPS) is 25.3. The second kappa shape index (κ2) is 15.8. The van der Waals surface area contributed by atoms with E-state index >= 15 is 0 Å². The molecule has 4 rings (SSSR count). The Morgan fingerprint density at radius 2 is 1.73 bits per heavy atom. The Labute approximate surface area is 263 Å². The first-order valence-corrected chi connectivity index (χ1v) is 16.5. The molecule has 44 heavy (non-hydrogen) atoms. The van der Waals surface area contributed by atoms with Crippen molar-refractivity contribution in [3.63, 3.8) is 0 Å². The van der Waals surface area contributed by atoms with Crippen LogP contribution in [-0.4, -0.2) is 62.8 Å². The van der Waals surface area contributed by atoms with Crippen molar-refractivity contribution >= 4 is 17.8 Å². The first-order chi connectivity index (χ1) is 21.3. The minimum absolute atomic E-state index is 0.0239. The van der Waals surface area contributed by atoms with Crippen molar-refractivity contribution in [2.45, 2.75) is 110 Å². The quantitative estimate of drug-likeness (QED) is 0.193. The average molecular weight is 613 g/mol. The highest BCUT2D eigenvalue weighted by molar-refractivity contribution is 5.92. The van der Waals surface area contributed by atoms with E-state index < -0.39 is 23.4 Å². The number of fused-ring (bicyclic) bond motifs is 1. The molecule has 2 fully saturated rings. The van der Waals surface area contributed by atoms with Crippen LogP contribution in [0.15, 0.2) is 30.0 Å². The van der Waals surface area contributed by atoms with Gasteiger partial charge in [0.2, 0.25) is 11.8 Å². The predicted molar refractivity (Wildman–Crippen MR) is 168 cm³/mol. The summed E-state index contributed by atoms with van der Waals surface area (Å²) in [4.78, 5) is 43.0. The Morgan fingerprint density at radius 3 is 2.41 bits per heavy atom. The highest BCUT2D eigenvalue weighted by atomic mass is 16.5. The number of esters is 1. The summed E-state index contributed by atoms with van der Waals surface area (Å²) < 4.78 is 22.7. The molecule has 0 radical (unpaired) electrons. The fraction of sp³-hybridized carbons (Fsp3) is 0.686. The van der Waals surface area contributed by atoms with E-state index in [2.05, 4.69) is 18.3 Å². The van der Waals surface area contributed by atoms with Gasteiger partial charge in [-0.1, -0.05) is 57.9 Å². The number of unbranched alkanes of at least 4 members (excludes halogenated alkanes) is 5. The topological polar surface area (TPSA) is 103 Å². The van der Waals surface area contributed by atoms with Gasteiger partial charge in [0.1, 0.15) is 5.41 Å². The van der Waals surface area contributed by atoms with Crippen molar-refractivity contribution in [1.82, 2.24) is 10.2 Å². The Bertz CT molecular complexity index is 1180. The number of methoxy groups -OCH3 is 3. The van der Waals surface area contributed by atoms with Crippen LogP contribution in [0.25, 0.3) is 0 Å². The lowest BCUT2D eigenvalue weighted by atomic mass is 9.66. The van der Waals surface area contributed by atoms with E-state index in [1.807, 2.05) is 24.0 Å². The van der Waals surface area contributed by atoms with E-state index in [1.54, 1.807) is 20.3 Å². The smallest absolute Gasteiger partial charge is 0.320 e. The molecular weight excluding hydrogens is 560 g/mol. The number of ether oxygens (including phenoxy) is 4. The van der Waals surface area contributed by atoms with Crippen LogP contribution in [0.3, 0.4) is 0 Å². The summed E-state index contributed by atoms with van der Waals surface area (Å²) in [6.45, 7) is 4.92. The van der Waals surface area contributed by atoms with Crippen LogP contribution in [0, 0.1) is 17.3 Å². The van der Waals surface area contributed by atoms with Crippen molar-refractivity contribution in [3.8, 4) is 11.5 Å². The highest BCUT2D eigenvalue weighted by Gasteiger charge is 2.60. The molecular formula is C35H52N2O7. The molecule has 1 saturated carbocycles. The standard InChI is InChI=1S/C35H52N2O7/c1-6-7-8-9-10-13-18-37-31-21-29(26-14-11-12-15-26)44-24(2)35(31,34(40)43-5)22-27(33(37)39)20-32(38)36-23-25-16-17-28(41-3)30(19-25)42-4/h16-17,19,21,24,26-27,29H,6-15,18,20,22-23H2,1-5H3,(H,36,38)/t24-,27+,29-,35+/m1/s1. The van der Waals surface area contributed by atoms with Crippen LogP contribution in [-0.2, 0) is 30.4 Å². The minimum Gasteiger partial charge on any atom is -0.493 e. The molecule has 4 atom stereocenters. The van der Waals surface area contributed by atoms with E-state index in [0.717, 1.165) is 43.4 Å². The van der Waals surface area contributed by atoms with Gasteiger partial charge in [0, 0.05) is 31.1 Å². The average Bonchev–Trinajstić information content (AvgIpc) is 3.58. The molecule has 1 N–H and O–H groups in total. The minimum atomic E-state index is -1.14. The van der Waals surface area contributed by atoms with Crippen LogP contribution in [0.1, 0.15) is 96.5 Å². The van der Waals surface area contributed by atoms with Crippen LogP contribution in [0.2, 0.25) is 0 Å². The van der Waals surface area contributed by atoms with E-state index in [9.17, 15) is 14.4 Å². The van der Waals surface area contributed by atoms with Crippen molar-refractivity contribution < 1.29 is 33.3 Å². The molecule has 0 bridgehead atoms. The summed E-state index contributed by atoms with van der Waals surface area (Å²) >= 11 is 0. The van der Waals surface area contributed by atoms with Gasteiger partial charge in [0.25, 0.3) is 0 Å². The predicted octanol–water partition coefficient (Wildman–Crippen LogP) is 5.94. The SMILES string of the molecule is CCCCCCCCN1C(=O)[C@@H](CC(=O)NCc2ccc(OC)c(OC)c2)C[C@@]2(C(=O)OC)C1=C[C@H](C1CCCC1)O[C@@H]2C. The number of piperidine rings is 1. The fourth-order valence-electron chi connectivity index (χ4n) is 7.32. The molecule has 1 aromatic rings. The van der Waals surface area contributed by atoms with Crippen LogP contribution >= 0.6 is 0 Å². The molecule has 2 amide bonds. The van der Waals surface area contributed by atoms with Crippen molar-refractivity contribution in [2.75, 3.05) is 27.9 Å². The molecule has 3 aliphatic rings. The summed E-state index contributed by atoms with van der Waals surface area (Å²) in [7, 11) is 4.53. The molecule has 1 aromatic carbocycles. The molecule has 9 heteroatoms. The number of benzene rings is 1. The third-order valence-electron chi connectivity index (χ3n) is 9.83. The molecule has 0 aromatic heterocycles. The number of rotatable bonds is 15. The van der Waals surface area contributed by atoms with Crippen LogP contribution < -0.4 is 14.8 Å². The Kier molecular flexibility index (Phi) is 12.1. The number of likely N-dealkylation sites (tertiary alicyclic amines) is 1. The van der Waals surface area contributed by atoms with Gasteiger partial charge in [-0.25, -0.2) is 0 Å². The molecule has 244 valence electrons. The van der Waals surface area contributed by atoms with E-state index in [4.69, 9.17) is 18.9 Å². The van der Waals surface area contributed by atoms with E-state index in [0.29, 0.717) is 24.0 Å². The number of amides is 2. The maximum atomic E-state index is 14.2. The third kappa shape index (κ3) is 7.41. The van der Waals surface area contributed by atoms with Gasteiger partial charge < -0.3 is 29.2 Å². The van der Waals surface area contributed by atoms with Gasteiger partial charge in [0.05, 0.1) is 33.5 Å². The van der Waals surface area contributed by atoms with Crippen molar-refractivity contribution in [1.29, 1.82) is 0 Å². The number of hydrogen-bond acceptors (Lipinski definition) is 7. The lowest BCUT2D eigenvalue weighted by molar-refractivity contribution is -0.177. The lowest BCUT2D eigenvalue weighted by Gasteiger charge is -2.52. The Morgan fingerprint density at radius 1 is 1.02 bits per heavy atom. The second-order valence-electron chi connectivity index (χ2n) is 12.6. The third-order valence-corrected chi connectivity index (χ3v) is 9.83. The number of nitrogens with zero attached hydrogens (tertiary/aromatic N) is 1.